The molecule has 1 rings (SSSR count). The first-order valence-electron chi connectivity index (χ1n) is 7.21. The summed E-state index contributed by atoms with van der Waals surface area (Å²) in [5.74, 6) is 0.561. The minimum atomic E-state index is -0.968. The van der Waals surface area contributed by atoms with Crippen molar-refractivity contribution in [3.63, 3.8) is 0 Å². The molecule has 0 bridgehead atoms. The van der Waals surface area contributed by atoms with Crippen molar-refractivity contribution in [3.8, 4) is 17.2 Å². The van der Waals surface area contributed by atoms with Gasteiger partial charge in [0.1, 0.15) is 0 Å². The molecule has 6 heteroatoms. The zero-order valence-electron chi connectivity index (χ0n) is 13.6. The highest BCUT2D eigenvalue weighted by molar-refractivity contribution is 5.91. The van der Waals surface area contributed by atoms with Crippen LogP contribution in [0.3, 0.4) is 0 Å². The fraction of sp³-hybridized carbons (Fsp3) is 0.412. The number of ether oxygens (including phenoxy) is 3. The van der Waals surface area contributed by atoms with Gasteiger partial charge in [-0.25, -0.2) is 0 Å². The fourth-order valence-electron chi connectivity index (χ4n) is 2.06. The smallest absolute Gasteiger partial charge is 0.303 e. The van der Waals surface area contributed by atoms with Crippen LogP contribution in [0.15, 0.2) is 24.3 Å². The van der Waals surface area contributed by atoms with Crippen LogP contribution in [-0.2, 0) is 16.0 Å². The molecule has 0 saturated heterocycles. The Bertz CT molecular complexity index is 551. The van der Waals surface area contributed by atoms with Crippen LogP contribution < -0.4 is 14.2 Å². The molecule has 23 heavy (non-hydrogen) atoms. The molecule has 126 valence electrons. The maximum atomic E-state index is 11.4. The van der Waals surface area contributed by atoms with Crippen molar-refractivity contribution >= 4 is 11.8 Å². The molecule has 1 aromatic carbocycles. The lowest BCUT2D eigenvalue weighted by atomic mass is 10.1. The molecule has 0 amide bonds. The van der Waals surface area contributed by atoms with Gasteiger partial charge in [0.15, 0.2) is 17.3 Å². The van der Waals surface area contributed by atoms with Crippen LogP contribution in [0.5, 0.6) is 17.2 Å². The average molecular weight is 322 g/mol. The van der Waals surface area contributed by atoms with Crippen LogP contribution in [0.2, 0.25) is 0 Å². The van der Waals surface area contributed by atoms with Gasteiger partial charge in [-0.3, -0.25) is 9.59 Å². The van der Waals surface area contributed by atoms with Gasteiger partial charge in [0.2, 0.25) is 5.75 Å². The van der Waals surface area contributed by atoms with Crippen molar-refractivity contribution in [1.82, 2.24) is 0 Å². The van der Waals surface area contributed by atoms with Gasteiger partial charge in [0, 0.05) is 6.42 Å². The average Bonchev–Trinajstić information content (AvgIpc) is 2.55. The molecule has 0 aliphatic heterocycles. The highest BCUT2D eigenvalue weighted by atomic mass is 16.5. The highest BCUT2D eigenvalue weighted by Gasteiger charge is 2.12. The lowest BCUT2D eigenvalue weighted by Crippen LogP contribution is -2.00. The Morgan fingerprint density at radius 2 is 1.65 bits per heavy atom. The van der Waals surface area contributed by atoms with E-state index >= 15 is 0 Å². The molecule has 1 N–H and O–H groups in total. The lowest BCUT2D eigenvalue weighted by molar-refractivity contribution is -0.138. The first-order valence-corrected chi connectivity index (χ1v) is 7.21. The van der Waals surface area contributed by atoms with Crippen LogP contribution in [0.1, 0.15) is 24.8 Å². The Morgan fingerprint density at radius 1 is 1.04 bits per heavy atom. The van der Waals surface area contributed by atoms with Gasteiger partial charge in [0.05, 0.1) is 27.8 Å². The zero-order valence-corrected chi connectivity index (χ0v) is 13.6. The number of ketones is 1. The van der Waals surface area contributed by atoms with Crippen LogP contribution in [-0.4, -0.2) is 38.2 Å². The van der Waals surface area contributed by atoms with Crippen molar-refractivity contribution in [2.75, 3.05) is 21.3 Å². The topological polar surface area (TPSA) is 82.1 Å². The molecule has 0 atom stereocenters. The molecular weight excluding hydrogens is 300 g/mol. The van der Waals surface area contributed by atoms with Crippen molar-refractivity contribution < 1.29 is 28.9 Å². The molecular formula is C17H22O6. The second-order valence-electron chi connectivity index (χ2n) is 4.83. The molecule has 0 aromatic heterocycles. The Balaban J connectivity index is 2.64. The first-order chi connectivity index (χ1) is 11.0. The van der Waals surface area contributed by atoms with Gasteiger partial charge < -0.3 is 19.3 Å². The van der Waals surface area contributed by atoms with E-state index in [2.05, 4.69) is 0 Å². The number of aliphatic carboxylic acids is 1. The molecule has 0 fully saturated rings. The van der Waals surface area contributed by atoms with Gasteiger partial charge in [-0.05, 0) is 36.6 Å². The normalized spacial score (nSPS) is 10.6. The van der Waals surface area contributed by atoms with Crippen molar-refractivity contribution in [1.29, 1.82) is 0 Å². The molecule has 0 unspecified atom stereocenters. The van der Waals surface area contributed by atoms with E-state index in [1.807, 2.05) is 12.1 Å². The Morgan fingerprint density at radius 3 is 2.13 bits per heavy atom. The number of rotatable bonds is 10. The molecule has 0 heterocycles. The number of allylic oxidation sites excluding steroid dienone is 2. The maximum Gasteiger partial charge on any atom is 0.303 e. The van der Waals surface area contributed by atoms with E-state index in [1.165, 1.54) is 6.08 Å². The Hall–Kier alpha value is -2.50. The Labute approximate surface area is 135 Å². The summed E-state index contributed by atoms with van der Waals surface area (Å²) in [6.07, 6.45) is 4.40. The monoisotopic (exact) mass is 322 g/mol. The van der Waals surface area contributed by atoms with Crippen LogP contribution in [0.4, 0.5) is 0 Å². The van der Waals surface area contributed by atoms with E-state index in [1.54, 1.807) is 27.4 Å². The molecule has 0 spiro atoms. The van der Waals surface area contributed by atoms with E-state index in [0.29, 0.717) is 30.1 Å². The van der Waals surface area contributed by atoms with Crippen molar-refractivity contribution in [3.05, 3.63) is 29.8 Å². The summed E-state index contributed by atoms with van der Waals surface area (Å²) < 4.78 is 15.8. The molecule has 0 saturated carbocycles. The summed E-state index contributed by atoms with van der Waals surface area (Å²) in [4.78, 5) is 21.8. The number of benzene rings is 1. The summed E-state index contributed by atoms with van der Waals surface area (Å²) in [5, 5.41) is 8.51. The molecule has 0 radical (unpaired) electrons. The van der Waals surface area contributed by atoms with Gasteiger partial charge in [-0.1, -0.05) is 6.08 Å². The summed E-state index contributed by atoms with van der Waals surface area (Å²) in [6.45, 7) is 0. The minimum Gasteiger partial charge on any atom is -0.493 e. The zero-order chi connectivity index (χ0) is 17.2. The Kier molecular flexibility index (Phi) is 7.66. The number of hydrogen-bond donors (Lipinski definition) is 1. The van der Waals surface area contributed by atoms with Gasteiger partial charge in [0.25, 0.3) is 0 Å². The lowest BCUT2D eigenvalue weighted by Gasteiger charge is -2.13. The maximum absolute atomic E-state index is 11.4. The number of aryl methyl sites for hydroxylation is 1. The minimum absolute atomic E-state index is 0.0238. The third kappa shape index (κ3) is 6.02. The number of carboxylic acid groups (broad SMARTS) is 1. The number of carboxylic acids is 1. The van der Waals surface area contributed by atoms with Crippen LogP contribution in [0.25, 0.3) is 0 Å². The molecule has 0 aliphatic carbocycles. The van der Waals surface area contributed by atoms with E-state index in [4.69, 9.17) is 19.3 Å². The highest BCUT2D eigenvalue weighted by Crippen LogP contribution is 2.38. The van der Waals surface area contributed by atoms with E-state index < -0.39 is 5.97 Å². The van der Waals surface area contributed by atoms with Crippen LogP contribution >= 0.6 is 0 Å². The number of methoxy groups -OCH3 is 3. The third-order valence-corrected chi connectivity index (χ3v) is 3.21. The van der Waals surface area contributed by atoms with Crippen molar-refractivity contribution in [2.45, 2.75) is 25.7 Å². The van der Waals surface area contributed by atoms with E-state index in [9.17, 15) is 9.59 Å². The standard InChI is InChI=1S/C17H22O6/c1-21-14-10-12(11-15(22-2)17(14)23-3)6-4-5-7-13(18)8-9-16(19)20/h5,7,10-11H,4,6,8-9H2,1-3H3,(H,19,20)/b7-5+. The summed E-state index contributed by atoms with van der Waals surface area (Å²) >= 11 is 0. The predicted molar refractivity (Wildman–Crippen MR) is 85.4 cm³/mol. The van der Waals surface area contributed by atoms with Gasteiger partial charge >= 0.3 is 5.97 Å². The quantitative estimate of drug-likeness (QED) is 0.667. The SMILES string of the molecule is COc1cc(CC/C=C/C(=O)CCC(=O)O)cc(OC)c1OC. The molecule has 0 aliphatic rings. The van der Waals surface area contributed by atoms with Crippen LogP contribution in [0, 0.1) is 0 Å². The second-order valence-corrected chi connectivity index (χ2v) is 4.83. The fourth-order valence-corrected chi connectivity index (χ4v) is 2.06. The third-order valence-electron chi connectivity index (χ3n) is 3.21. The second kappa shape index (κ2) is 9.50. The number of carbonyl (C=O) groups excluding carboxylic acids is 1. The number of hydrogen-bond acceptors (Lipinski definition) is 5. The van der Waals surface area contributed by atoms with E-state index in [-0.39, 0.29) is 18.6 Å². The van der Waals surface area contributed by atoms with Gasteiger partial charge in [-0.2, -0.15) is 0 Å². The molecule has 6 nitrogen and oxygen atoms in total. The summed E-state index contributed by atoms with van der Waals surface area (Å²) in [7, 11) is 4.66. The largest absolute Gasteiger partial charge is 0.493 e. The molecule has 1 aromatic rings. The van der Waals surface area contributed by atoms with E-state index in [0.717, 1.165) is 5.56 Å². The number of carbonyl (C=O) groups is 2. The summed E-state index contributed by atoms with van der Waals surface area (Å²) in [5.41, 5.74) is 0.988. The van der Waals surface area contributed by atoms with Crippen molar-refractivity contribution in [2.24, 2.45) is 0 Å². The first kappa shape index (κ1) is 18.5. The summed E-state index contributed by atoms with van der Waals surface area (Å²) in [6, 6.07) is 3.73. The predicted octanol–water partition coefficient (Wildman–Crippen LogP) is 2.64. The van der Waals surface area contributed by atoms with Gasteiger partial charge in [-0.15, -0.1) is 0 Å².